The Hall–Kier alpha value is -0.546. The Balaban J connectivity index is 2.43. The second kappa shape index (κ2) is 7.01. The van der Waals surface area contributed by atoms with E-state index in [-0.39, 0.29) is 0 Å². The highest BCUT2D eigenvalue weighted by molar-refractivity contribution is 7.31. The molecule has 0 saturated heterocycles. The molecule has 3 heteroatoms. The molecule has 0 aromatic heterocycles. The molecule has 1 nitrogen and oxygen atoms in total. The summed E-state index contributed by atoms with van der Waals surface area (Å²) in [5.74, 6) is 1.02. The van der Waals surface area contributed by atoms with Gasteiger partial charge in [-0.25, -0.2) is 0 Å². The maximum Gasteiger partial charge on any atom is 0.119 e. The molecule has 17 heavy (non-hydrogen) atoms. The number of para-hydroxylation sites is 1. The zero-order valence-electron chi connectivity index (χ0n) is 11.7. The molecule has 0 N–H and O–H groups in total. The summed E-state index contributed by atoms with van der Waals surface area (Å²) in [6.07, 6.45) is 1.35. The van der Waals surface area contributed by atoms with Crippen LogP contribution in [0.15, 0.2) is 30.3 Å². The van der Waals surface area contributed by atoms with Gasteiger partial charge in [0.25, 0.3) is 0 Å². The number of hydrogen-bond acceptors (Lipinski definition) is 1. The molecule has 0 bridgehead atoms. The van der Waals surface area contributed by atoms with Crippen LogP contribution in [0.1, 0.15) is 13.3 Å². The molecule has 0 aliphatic rings. The first-order valence-corrected chi connectivity index (χ1v) is 13.8. The van der Waals surface area contributed by atoms with Gasteiger partial charge in [0.2, 0.25) is 0 Å². The fourth-order valence-corrected chi connectivity index (χ4v) is 9.99. The van der Waals surface area contributed by atoms with Crippen LogP contribution in [-0.4, -0.2) is 22.5 Å². The highest BCUT2D eigenvalue weighted by Gasteiger charge is 2.30. The highest BCUT2D eigenvalue weighted by atomic mass is 29.2. The van der Waals surface area contributed by atoms with Crippen LogP contribution >= 0.6 is 0 Å². The fourth-order valence-electron chi connectivity index (χ4n) is 2.19. The first kappa shape index (κ1) is 14.5. The summed E-state index contributed by atoms with van der Waals surface area (Å²) in [6, 6.07) is 13.0. The maximum atomic E-state index is 5.86. The summed E-state index contributed by atoms with van der Waals surface area (Å²) in [5.41, 5.74) is 0. The van der Waals surface area contributed by atoms with Crippen LogP contribution in [-0.2, 0) is 0 Å². The minimum absolute atomic E-state index is 0.485. The van der Waals surface area contributed by atoms with Gasteiger partial charge in [0.15, 0.2) is 0 Å². The topological polar surface area (TPSA) is 9.23 Å². The third-order valence-corrected chi connectivity index (χ3v) is 19.8. The SMILES string of the molecule is CCC[Si](C)(CCOc1ccccc1)[SiH](C)C. The lowest BCUT2D eigenvalue weighted by Gasteiger charge is -2.30. The van der Waals surface area contributed by atoms with Gasteiger partial charge in [-0.3, -0.25) is 0 Å². The van der Waals surface area contributed by atoms with E-state index in [0.29, 0.717) is 0 Å². The third-order valence-electron chi connectivity index (χ3n) is 3.90. The second-order valence-electron chi connectivity index (χ2n) is 5.47. The fraction of sp³-hybridized carbons (Fsp3) is 0.571. The molecule has 0 heterocycles. The number of hydrogen-bond donors (Lipinski definition) is 0. The van der Waals surface area contributed by atoms with Gasteiger partial charge in [0.05, 0.1) is 6.61 Å². The van der Waals surface area contributed by atoms with E-state index in [9.17, 15) is 0 Å². The summed E-state index contributed by atoms with van der Waals surface area (Å²) in [7, 11) is -1.45. The lowest BCUT2D eigenvalue weighted by molar-refractivity contribution is 0.338. The van der Waals surface area contributed by atoms with E-state index in [1.54, 1.807) is 0 Å². The first-order chi connectivity index (χ1) is 8.08. The number of ether oxygens (including phenoxy) is 1. The molecular formula is C14H26OSi2. The van der Waals surface area contributed by atoms with Crippen LogP contribution in [0.2, 0.25) is 31.7 Å². The van der Waals surface area contributed by atoms with Gasteiger partial charge in [-0.15, -0.1) is 0 Å². The molecular weight excluding hydrogens is 240 g/mol. The molecule has 1 atom stereocenters. The monoisotopic (exact) mass is 266 g/mol. The van der Waals surface area contributed by atoms with Gasteiger partial charge < -0.3 is 4.74 Å². The van der Waals surface area contributed by atoms with E-state index in [1.165, 1.54) is 18.5 Å². The molecule has 0 radical (unpaired) electrons. The van der Waals surface area contributed by atoms with Gasteiger partial charge in [0, 0.05) is 15.9 Å². The molecule has 1 aromatic carbocycles. The molecule has 96 valence electrons. The summed E-state index contributed by atoms with van der Waals surface area (Å²) in [6.45, 7) is 10.9. The second-order valence-corrected chi connectivity index (χ2v) is 19.7. The van der Waals surface area contributed by atoms with Crippen molar-refractivity contribution in [1.82, 2.24) is 0 Å². The van der Waals surface area contributed by atoms with Crippen LogP contribution in [0, 0.1) is 0 Å². The van der Waals surface area contributed by atoms with E-state index in [4.69, 9.17) is 4.74 Å². The van der Waals surface area contributed by atoms with Crippen molar-refractivity contribution in [3.05, 3.63) is 30.3 Å². The van der Waals surface area contributed by atoms with Gasteiger partial charge in [-0.2, -0.15) is 0 Å². The van der Waals surface area contributed by atoms with Crippen LogP contribution in [0.4, 0.5) is 0 Å². The normalized spacial score (nSPS) is 14.6. The maximum absolute atomic E-state index is 5.86. The molecule has 0 aliphatic carbocycles. The summed E-state index contributed by atoms with van der Waals surface area (Å²) >= 11 is 0. The van der Waals surface area contributed by atoms with Crippen LogP contribution in [0.3, 0.4) is 0 Å². The Morgan fingerprint density at radius 2 is 1.76 bits per heavy atom. The molecule has 0 aliphatic heterocycles. The first-order valence-electron chi connectivity index (χ1n) is 6.76. The predicted octanol–water partition coefficient (Wildman–Crippen LogP) is 4.12. The molecule has 1 aromatic rings. The van der Waals surface area contributed by atoms with Gasteiger partial charge in [0.1, 0.15) is 5.75 Å². The van der Waals surface area contributed by atoms with E-state index in [1.807, 2.05) is 30.3 Å². The summed E-state index contributed by atoms with van der Waals surface area (Å²) in [4.78, 5) is 0. The standard InChI is InChI=1S/C14H26OSi2/c1-5-12-17(4,16(2)3)13-11-15-14-9-7-6-8-10-14/h6-10,16H,5,11-13H2,1-4H3. The minimum atomic E-state index is -0.967. The third kappa shape index (κ3) is 4.68. The zero-order valence-corrected chi connectivity index (χ0v) is 13.9. The van der Waals surface area contributed by atoms with Crippen molar-refractivity contribution in [3.8, 4) is 5.75 Å². The average Bonchev–Trinajstić information content (AvgIpc) is 2.30. The Labute approximate surface area is 109 Å². The van der Waals surface area contributed by atoms with E-state index < -0.39 is 15.9 Å². The van der Waals surface area contributed by atoms with Crippen molar-refractivity contribution in [2.75, 3.05) is 6.61 Å². The van der Waals surface area contributed by atoms with Crippen molar-refractivity contribution < 1.29 is 4.74 Å². The minimum Gasteiger partial charge on any atom is -0.494 e. The van der Waals surface area contributed by atoms with Crippen molar-refractivity contribution in [1.29, 1.82) is 0 Å². The number of benzene rings is 1. The summed E-state index contributed by atoms with van der Waals surface area (Å²) < 4.78 is 5.86. The van der Waals surface area contributed by atoms with Crippen LogP contribution in [0.25, 0.3) is 0 Å². The Morgan fingerprint density at radius 1 is 1.12 bits per heavy atom. The van der Waals surface area contributed by atoms with E-state index in [0.717, 1.165) is 12.4 Å². The summed E-state index contributed by atoms with van der Waals surface area (Å²) in [5, 5.41) is 0. The van der Waals surface area contributed by atoms with Crippen molar-refractivity contribution in [2.45, 2.75) is 45.1 Å². The smallest absolute Gasteiger partial charge is 0.119 e. The molecule has 1 rings (SSSR count). The van der Waals surface area contributed by atoms with Gasteiger partial charge in [-0.1, -0.05) is 57.2 Å². The van der Waals surface area contributed by atoms with E-state index in [2.05, 4.69) is 26.6 Å². The Morgan fingerprint density at radius 3 is 2.29 bits per heavy atom. The molecule has 0 amide bonds. The van der Waals surface area contributed by atoms with Gasteiger partial charge in [-0.05, 0) is 18.2 Å². The lowest BCUT2D eigenvalue weighted by atomic mass is 10.3. The lowest BCUT2D eigenvalue weighted by Crippen LogP contribution is -2.45. The van der Waals surface area contributed by atoms with Crippen molar-refractivity contribution in [3.63, 3.8) is 0 Å². The highest BCUT2D eigenvalue weighted by Crippen LogP contribution is 2.21. The average molecular weight is 267 g/mol. The molecule has 0 fully saturated rings. The largest absolute Gasteiger partial charge is 0.494 e. The molecule has 0 saturated carbocycles. The number of rotatable bonds is 7. The Kier molecular flexibility index (Phi) is 5.99. The molecule has 0 spiro atoms. The van der Waals surface area contributed by atoms with Gasteiger partial charge >= 0.3 is 0 Å². The van der Waals surface area contributed by atoms with Crippen LogP contribution < -0.4 is 4.74 Å². The predicted molar refractivity (Wildman–Crippen MR) is 82.3 cm³/mol. The zero-order chi connectivity index (χ0) is 12.7. The van der Waals surface area contributed by atoms with E-state index >= 15 is 0 Å². The van der Waals surface area contributed by atoms with Crippen LogP contribution in [0.5, 0.6) is 5.75 Å². The van der Waals surface area contributed by atoms with Crippen molar-refractivity contribution in [2.24, 2.45) is 0 Å². The van der Waals surface area contributed by atoms with Crippen molar-refractivity contribution >= 4 is 15.9 Å². The Bertz CT molecular complexity index is 313. The molecule has 1 unspecified atom stereocenters. The quantitative estimate of drug-likeness (QED) is 0.675.